The van der Waals surface area contributed by atoms with Gasteiger partial charge in [0.05, 0.1) is 0 Å². The molecule has 0 aromatic carbocycles. The maximum Gasteiger partial charge on any atom is 0.320 e. The first kappa shape index (κ1) is 15.3. The van der Waals surface area contributed by atoms with Gasteiger partial charge in [0.15, 0.2) is 0 Å². The molecule has 20 heavy (non-hydrogen) atoms. The highest BCUT2D eigenvalue weighted by Gasteiger charge is 2.37. The van der Waals surface area contributed by atoms with E-state index in [1.165, 1.54) is 0 Å². The standard InChI is InChI=1S/C14H25N3O3/c1-10(15)9-13(18)16-7-4-11(5-8-16)17-6-2-3-12(17)14(19)20/h10-12H,2-9,15H2,1H3,(H,19,20). The van der Waals surface area contributed by atoms with Crippen LogP contribution in [0.1, 0.15) is 39.0 Å². The van der Waals surface area contributed by atoms with Gasteiger partial charge in [0.2, 0.25) is 5.91 Å². The monoisotopic (exact) mass is 283 g/mol. The summed E-state index contributed by atoms with van der Waals surface area (Å²) in [6, 6.07) is -0.125. The number of piperidine rings is 1. The van der Waals surface area contributed by atoms with E-state index in [0.717, 1.165) is 45.3 Å². The number of carboxylic acid groups (broad SMARTS) is 1. The van der Waals surface area contributed by atoms with Gasteiger partial charge in [0, 0.05) is 31.6 Å². The molecule has 6 nitrogen and oxygen atoms in total. The predicted octanol–water partition coefficient (Wildman–Crippen LogP) is 0.264. The van der Waals surface area contributed by atoms with Gasteiger partial charge in [-0.1, -0.05) is 0 Å². The van der Waals surface area contributed by atoms with Gasteiger partial charge in [-0.15, -0.1) is 0 Å². The topological polar surface area (TPSA) is 86.9 Å². The van der Waals surface area contributed by atoms with Gasteiger partial charge in [0.1, 0.15) is 6.04 Å². The number of nitrogens with zero attached hydrogens (tertiary/aromatic N) is 2. The number of amides is 1. The number of rotatable bonds is 4. The lowest BCUT2D eigenvalue weighted by Gasteiger charge is -2.38. The average Bonchev–Trinajstić information content (AvgIpc) is 2.87. The van der Waals surface area contributed by atoms with E-state index in [1.54, 1.807) is 0 Å². The van der Waals surface area contributed by atoms with Gasteiger partial charge < -0.3 is 15.7 Å². The Kier molecular flexibility index (Phi) is 4.99. The van der Waals surface area contributed by atoms with Crippen molar-refractivity contribution in [2.75, 3.05) is 19.6 Å². The zero-order valence-electron chi connectivity index (χ0n) is 12.1. The van der Waals surface area contributed by atoms with Crippen molar-refractivity contribution in [1.29, 1.82) is 0 Å². The van der Waals surface area contributed by atoms with Crippen LogP contribution < -0.4 is 5.73 Å². The predicted molar refractivity (Wildman–Crippen MR) is 75.2 cm³/mol. The lowest BCUT2D eigenvalue weighted by molar-refractivity contribution is -0.144. The third kappa shape index (κ3) is 3.49. The molecule has 2 saturated heterocycles. The van der Waals surface area contributed by atoms with Gasteiger partial charge in [-0.3, -0.25) is 14.5 Å². The Hall–Kier alpha value is -1.14. The number of likely N-dealkylation sites (tertiary alicyclic amines) is 2. The Bertz CT molecular complexity index is 365. The van der Waals surface area contributed by atoms with Crippen LogP contribution in [0, 0.1) is 0 Å². The fourth-order valence-electron chi connectivity index (χ4n) is 3.34. The molecule has 2 aliphatic rings. The van der Waals surface area contributed by atoms with Crippen LogP contribution in [0.25, 0.3) is 0 Å². The number of carbonyl (C=O) groups excluding carboxylic acids is 1. The molecule has 114 valence electrons. The molecule has 2 unspecified atom stereocenters. The lowest BCUT2D eigenvalue weighted by Crippen LogP contribution is -2.50. The molecule has 2 heterocycles. The van der Waals surface area contributed by atoms with E-state index in [0.29, 0.717) is 12.5 Å². The molecule has 2 aliphatic heterocycles. The molecule has 1 amide bonds. The number of aliphatic carboxylic acids is 1. The van der Waals surface area contributed by atoms with Crippen LogP contribution in [0.2, 0.25) is 0 Å². The second-order valence-electron chi connectivity index (χ2n) is 6.03. The van der Waals surface area contributed by atoms with E-state index in [4.69, 9.17) is 5.73 Å². The molecular formula is C14H25N3O3. The van der Waals surface area contributed by atoms with Crippen molar-refractivity contribution >= 4 is 11.9 Å². The largest absolute Gasteiger partial charge is 0.480 e. The molecule has 0 saturated carbocycles. The summed E-state index contributed by atoms with van der Waals surface area (Å²) in [5, 5.41) is 9.23. The molecule has 6 heteroatoms. The summed E-state index contributed by atoms with van der Waals surface area (Å²) in [6.07, 6.45) is 3.84. The third-order valence-corrected chi connectivity index (χ3v) is 4.36. The molecule has 0 aliphatic carbocycles. The Labute approximate surface area is 119 Å². The Morgan fingerprint density at radius 2 is 1.90 bits per heavy atom. The summed E-state index contributed by atoms with van der Waals surface area (Å²) in [7, 11) is 0. The van der Waals surface area contributed by atoms with E-state index in [2.05, 4.69) is 4.90 Å². The van der Waals surface area contributed by atoms with Crippen LogP contribution in [-0.2, 0) is 9.59 Å². The van der Waals surface area contributed by atoms with E-state index in [9.17, 15) is 14.7 Å². The van der Waals surface area contributed by atoms with Crippen molar-refractivity contribution in [3.05, 3.63) is 0 Å². The smallest absolute Gasteiger partial charge is 0.320 e. The summed E-state index contributed by atoms with van der Waals surface area (Å²) in [4.78, 5) is 27.2. The average molecular weight is 283 g/mol. The fraction of sp³-hybridized carbons (Fsp3) is 0.857. The molecule has 0 spiro atoms. The fourth-order valence-corrected chi connectivity index (χ4v) is 3.34. The van der Waals surface area contributed by atoms with E-state index >= 15 is 0 Å². The number of carboxylic acids is 1. The minimum Gasteiger partial charge on any atom is -0.480 e. The van der Waals surface area contributed by atoms with Gasteiger partial charge in [-0.05, 0) is 39.2 Å². The van der Waals surface area contributed by atoms with Crippen LogP contribution in [0.4, 0.5) is 0 Å². The number of carbonyl (C=O) groups is 2. The second-order valence-corrected chi connectivity index (χ2v) is 6.03. The number of hydrogen-bond acceptors (Lipinski definition) is 4. The van der Waals surface area contributed by atoms with Crippen LogP contribution in [-0.4, -0.2) is 64.5 Å². The zero-order valence-corrected chi connectivity index (χ0v) is 12.1. The van der Waals surface area contributed by atoms with Crippen molar-refractivity contribution in [3.63, 3.8) is 0 Å². The van der Waals surface area contributed by atoms with Crippen molar-refractivity contribution in [3.8, 4) is 0 Å². The van der Waals surface area contributed by atoms with Crippen molar-refractivity contribution in [2.45, 2.75) is 57.2 Å². The molecular weight excluding hydrogens is 258 g/mol. The van der Waals surface area contributed by atoms with Gasteiger partial charge in [0.25, 0.3) is 0 Å². The molecule has 0 bridgehead atoms. The molecule has 2 atom stereocenters. The van der Waals surface area contributed by atoms with Crippen molar-refractivity contribution in [1.82, 2.24) is 9.80 Å². The summed E-state index contributed by atoms with van der Waals surface area (Å²) < 4.78 is 0. The van der Waals surface area contributed by atoms with Crippen molar-refractivity contribution < 1.29 is 14.7 Å². The van der Waals surface area contributed by atoms with Crippen LogP contribution in [0.3, 0.4) is 0 Å². The Morgan fingerprint density at radius 1 is 1.25 bits per heavy atom. The Balaban J connectivity index is 1.85. The molecule has 0 aromatic heterocycles. The normalized spacial score (nSPS) is 26.7. The lowest BCUT2D eigenvalue weighted by atomic mass is 10.0. The second kappa shape index (κ2) is 6.54. The van der Waals surface area contributed by atoms with Gasteiger partial charge >= 0.3 is 5.97 Å². The summed E-state index contributed by atoms with van der Waals surface area (Å²) in [5.41, 5.74) is 5.66. The summed E-state index contributed by atoms with van der Waals surface area (Å²) >= 11 is 0. The van der Waals surface area contributed by atoms with Crippen LogP contribution >= 0.6 is 0 Å². The minimum absolute atomic E-state index is 0.102. The first-order valence-electron chi connectivity index (χ1n) is 7.51. The highest BCUT2D eigenvalue weighted by Crippen LogP contribution is 2.26. The minimum atomic E-state index is -0.710. The van der Waals surface area contributed by atoms with E-state index in [1.807, 2.05) is 11.8 Å². The first-order chi connectivity index (χ1) is 9.49. The zero-order chi connectivity index (χ0) is 14.7. The van der Waals surface area contributed by atoms with E-state index < -0.39 is 5.97 Å². The quantitative estimate of drug-likeness (QED) is 0.773. The maximum absolute atomic E-state index is 11.9. The summed E-state index contributed by atoms with van der Waals surface area (Å²) in [6.45, 7) is 4.15. The third-order valence-electron chi connectivity index (χ3n) is 4.36. The molecule has 0 aromatic rings. The maximum atomic E-state index is 11.9. The molecule has 3 N–H and O–H groups in total. The molecule has 0 radical (unpaired) electrons. The van der Waals surface area contributed by atoms with Gasteiger partial charge in [-0.2, -0.15) is 0 Å². The summed E-state index contributed by atoms with van der Waals surface area (Å²) in [5.74, 6) is -0.590. The highest BCUT2D eigenvalue weighted by molar-refractivity contribution is 5.77. The van der Waals surface area contributed by atoms with Gasteiger partial charge in [-0.25, -0.2) is 0 Å². The van der Waals surface area contributed by atoms with Crippen LogP contribution in [0.5, 0.6) is 0 Å². The van der Waals surface area contributed by atoms with E-state index in [-0.39, 0.29) is 18.0 Å². The SMILES string of the molecule is CC(N)CC(=O)N1CCC(N2CCCC2C(=O)O)CC1. The molecule has 2 rings (SSSR count). The highest BCUT2D eigenvalue weighted by atomic mass is 16.4. The number of hydrogen-bond donors (Lipinski definition) is 2. The first-order valence-corrected chi connectivity index (χ1v) is 7.51. The number of nitrogens with two attached hydrogens (primary N) is 1. The van der Waals surface area contributed by atoms with Crippen molar-refractivity contribution in [2.24, 2.45) is 5.73 Å². The molecule has 2 fully saturated rings. The Morgan fingerprint density at radius 3 is 2.45 bits per heavy atom. The van der Waals surface area contributed by atoms with Crippen LogP contribution in [0.15, 0.2) is 0 Å².